The van der Waals surface area contributed by atoms with Gasteiger partial charge in [-0.3, -0.25) is 4.79 Å². The highest BCUT2D eigenvalue weighted by Crippen LogP contribution is 2.20. The Labute approximate surface area is 109 Å². The molecule has 4 nitrogen and oxygen atoms in total. The number of hydrogen-bond acceptors (Lipinski definition) is 3. The molecule has 100 valence electrons. The lowest BCUT2D eigenvalue weighted by molar-refractivity contribution is -0.119. The summed E-state index contributed by atoms with van der Waals surface area (Å²) in [7, 11) is 3.44. The zero-order valence-corrected chi connectivity index (χ0v) is 11.3. The second-order valence-electron chi connectivity index (χ2n) is 4.55. The van der Waals surface area contributed by atoms with Crippen molar-refractivity contribution in [3.63, 3.8) is 0 Å². The average Bonchev–Trinajstić information content (AvgIpc) is 2.38. The van der Waals surface area contributed by atoms with Crippen LogP contribution in [0.4, 0.5) is 5.69 Å². The molecule has 0 spiro atoms. The fourth-order valence-corrected chi connectivity index (χ4v) is 1.92. The van der Waals surface area contributed by atoms with Crippen LogP contribution in [0.2, 0.25) is 0 Å². The van der Waals surface area contributed by atoms with E-state index < -0.39 is 0 Å². The van der Waals surface area contributed by atoms with Gasteiger partial charge in [-0.2, -0.15) is 0 Å². The third-order valence-electron chi connectivity index (χ3n) is 2.92. The first kappa shape index (κ1) is 14.7. The molecular weight excluding hydrogens is 228 g/mol. The highest BCUT2D eigenvalue weighted by Gasteiger charge is 2.16. The number of carbonyl (C=O) groups is 1. The van der Waals surface area contributed by atoms with Crippen LogP contribution in [-0.2, 0) is 16.1 Å². The Bertz CT molecular complexity index is 393. The van der Waals surface area contributed by atoms with E-state index in [0.29, 0.717) is 19.6 Å². The monoisotopic (exact) mass is 250 g/mol. The van der Waals surface area contributed by atoms with Crippen molar-refractivity contribution < 1.29 is 9.53 Å². The number of carbonyl (C=O) groups excluding carboxylic acids is 1. The molecule has 0 heterocycles. The predicted octanol–water partition coefficient (Wildman–Crippen LogP) is 1.78. The molecule has 0 aliphatic rings. The Hall–Kier alpha value is -1.39. The summed E-state index contributed by atoms with van der Waals surface area (Å²) in [6.45, 7) is 3.03. The maximum absolute atomic E-state index is 12.1. The predicted molar refractivity (Wildman–Crippen MR) is 73.4 cm³/mol. The van der Waals surface area contributed by atoms with Crippen LogP contribution < -0.4 is 10.6 Å². The molecule has 1 amide bonds. The maximum Gasteiger partial charge on any atom is 0.227 e. The maximum atomic E-state index is 12.1. The fourth-order valence-electron chi connectivity index (χ4n) is 1.92. The van der Waals surface area contributed by atoms with Crippen LogP contribution in [0.5, 0.6) is 0 Å². The van der Waals surface area contributed by atoms with Crippen molar-refractivity contribution in [1.82, 2.24) is 0 Å². The Balaban J connectivity index is 2.74. The summed E-state index contributed by atoms with van der Waals surface area (Å²) in [5.41, 5.74) is 7.54. The van der Waals surface area contributed by atoms with Crippen LogP contribution in [-0.4, -0.2) is 26.7 Å². The molecule has 0 aromatic heterocycles. The summed E-state index contributed by atoms with van der Waals surface area (Å²) in [5, 5.41) is 0. The molecule has 0 saturated carbocycles. The molecule has 4 heteroatoms. The number of nitrogens with zero attached hydrogens (tertiary/aromatic N) is 1. The second-order valence-corrected chi connectivity index (χ2v) is 4.55. The lowest BCUT2D eigenvalue weighted by Gasteiger charge is -2.21. The Morgan fingerprint density at radius 1 is 1.44 bits per heavy atom. The SMILES string of the molecule is COCC(C)CC(=O)N(C)c1ccccc1CN. The smallest absolute Gasteiger partial charge is 0.227 e. The van der Waals surface area contributed by atoms with Gasteiger partial charge in [-0.25, -0.2) is 0 Å². The molecule has 0 radical (unpaired) electrons. The van der Waals surface area contributed by atoms with Crippen LogP contribution in [0.15, 0.2) is 24.3 Å². The van der Waals surface area contributed by atoms with Crippen LogP contribution in [0, 0.1) is 5.92 Å². The molecule has 18 heavy (non-hydrogen) atoms. The second kappa shape index (κ2) is 7.13. The van der Waals surface area contributed by atoms with Gasteiger partial charge in [0.15, 0.2) is 0 Å². The average molecular weight is 250 g/mol. The first-order chi connectivity index (χ1) is 8.60. The molecule has 1 rings (SSSR count). The largest absolute Gasteiger partial charge is 0.384 e. The molecule has 1 unspecified atom stereocenters. The molecule has 2 N–H and O–H groups in total. The summed E-state index contributed by atoms with van der Waals surface area (Å²) < 4.78 is 5.04. The van der Waals surface area contributed by atoms with Gasteiger partial charge in [0.25, 0.3) is 0 Å². The van der Waals surface area contributed by atoms with Crippen molar-refractivity contribution in [3.8, 4) is 0 Å². The molecule has 0 aliphatic carbocycles. The first-order valence-electron chi connectivity index (χ1n) is 6.13. The molecule has 0 saturated heterocycles. The minimum Gasteiger partial charge on any atom is -0.384 e. The van der Waals surface area contributed by atoms with Crippen molar-refractivity contribution in [2.75, 3.05) is 25.7 Å². The Morgan fingerprint density at radius 2 is 2.11 bits per heavy atom. The molecule has 1 atom stereocenters. The van der Waals surface area contributed by atoms with Gasteiger partial charge in [-0.1, -0.05) is 25.1 Å². The molecular formula is C14H22N2O2. The van der Waals surface area contributed by atoms with Gasteiger partial charge in [0, 0.05) is 39.4 Å². The molecule has 0 bridgehead atoms. The van der Waals surface area contributed by atoms with Crippen LogP contribution in [0.1, 0.15) is 18.9 Å². The van der Waals surface area contributed by atoms with Gasteiger partial charge in [0.1, 0.15) is 0 Å². The molecule has 1 aromatic carbocycles. The van der Waals surface area contributed by atoms with Gasteiger partial charge in [0.2, 0.25) is 5.91 Å². The molecule has 1 aromatic rings. The standard InChI is InChI=1S/C14H22N2O2/c1-11(10-18-3)8-14(17)16(2)13-7-5-4-6-12(13)9-15/h4-7,11H,8-10,15H2,1-3H3. The summed E-state index contributed by atoms with van der Waals surface area (Å²) in [6, 6.07) is 7.70. The van der Waals surface area contributed by atoms with Gasteiger partial charge in [0.05, 0.1) is 0 Å². The van der Waals surface area contributed by atoms with E-state index in [1.54, 1.807) is 19.1 Å². The van der Waals surface area contributed by atoms with E-state index in [0.717, 1.165) is 11.3 Å². The van der Waals surface area contributed by atoms with Crippen molar-refractivity contribution in [2.24, 2.45) is 11.7 Å². The minimum atomic E-state index is 0.0837. The van der Waals surface area contributed by atoms with Crippen molar-refractivity contribution in [1.29, 1.82) is 0 Å². The summed E-state index contributed by atoms with van der Waals surface area (Å²) >= 11 is 0. The van der Waals surface area contributed by atoms with Crippen LogP contribution in [0.3, 0.4) is 0 Å². The Kier molecular flexibility index (Phi) is 5.82. The van der Waals surface area contributed by atoms with Gasteiger partial charge >= 0.3 is 0 Å². The quantitative estimate of drug-likeness (QED) is 0.837. The third kappa shape index (κ3) is 3.82. The van der Waals surface area contributed by atoms with Crippen molar-refractivity contribution in [2.45, 2.75) is 19.9 Å². The number of methoxy groups -OCH3 is 1. The summed E-state index contributed by atoms with van der Waals surface area (Å²) in [5.74, 6) is 0.301. The molecule has 0 aliphatic heterocycles. The minimum absolute atomic E-state index is 0.0837. The van der Waals surface area contributed by atoms with E-state index in [-0.39, 0.29) is 11.8 Å². The molecule has 0 fully saturated rings. The highest BCUT2D eigenvalue weighted by atomic mass is 16.5. The van der Waals surface area contributed by atoms with E-state index in [4.69, 9.17) is 10.5 Å². The van der Waals surface area contributed by atoms with Crippen molar-refractivity contribution in [3.05, 3.63) is 29.8 Å². The normalized spacial score (nSPS) is 12.2. The van der Waals surface area contributed by atoms with E-state index >= 15 is 0 Å². The number of amides is 1. The number of hydrogen-bond donors (Lipinski definition) is 1. The van der Waals surface area contributed by atoms with E-state index in [9.17, 15) is 4.79 Å². The zero-order chi connectivity index (χ0) is 13.5. The lowest BCUT2D eigenvalue weighted by Crippen LogP contribution is -2.29. The summed E-state index contributed by atoms with van der Waals surface area (Å²) in [6.07, 6.45) is 0.475. The van der Waals surface area contributed by atoms with Gasteiger partial charge < -0.3 is 15.4 Å². The van der Waals surface area contributed by atoms with E-state index in [2.05, 4.69) is 0 Å². The van der Waals surface area contributed by atoms with Gasteiger partial charge in [-0.05, 0) is 17.5 Å². The van der Waals surface area contributed by atoms with E-state index in [1.807, 2.05) is 31.2 Å². The van der Waals surface area contributed by atoms with Crippen molar-refractivity contribution >= 4 is 11.6 Å². The Morgan fingerprint density at radius 3 is 2.72 bits per heavy atom. The number of para-hydroxylation sites is 1. The summed E-state index contributed by atoms with van der Waals surface area (Å²) in [4.78, 5) is 13.8. The number of nitrogens with two attached hydrogens (primary N) is 1. The number of benzene rings is 1. The highest BCUT2D eigenvalue weighted by molar-refractivity contribution is 5.93. The van der Waals surface area contributed by atoms with Gasteiger partial charge in [-0.15, -0.1) is 0 Å². The van der Waals surface area contributed by atoms with Crippen LogP contribution in [0.25, 0.3) is 0 Å². The lowest BCUT2D eigenvalue weighted by atomic mass is 10.1. The number of rotatable bonds is 6. The van der Waals surface area contributed by atoms with Crippen LogP contribution >= 0.6 is 0 Å². The fraction of sp³-hybridized carbons (Fsp3) is 0.500. The topological polar surface area (TPSA) is 55.6 Å². The number of anilines is 1. The zero-order valence-electron chi connectivity index (χ0n) is 11.3. The first-order valence-corrected chi connectivity index (χ1v) is 6.13. The van der Waals surface area contributed by atoms with E-state index in [1.165, 1.54) is 0 Å². The number of ether oxygens (including phenoxy) is 1. The third-order valence-corrected chi connectivity index (χ3v) is 2.92.